The number of amides is 1. The van der Waals surface area contributed by atoms with Crippen molar-refractivity contribution < 1.29 is 18.5 Å². The predicted molar refractivity (Wildman–Crippen MR) is 171 cm³/mol. The van der Waals surface area contributed by atoms with Gasteiger partial charge in [0.25, 0.3) is 5.91 Å². The molecule has 1 aliphatic heterocycles. The molecule has 6 unspecified atom stereocenters. The van der Waals surface area contributed by atoms with E-state index in [0.717, 1.165) is 74.5 Å². The lowest BCUT2D eigenvalue weighted by Crippen LogP contribution is -2.48. The number of ketones is 1. The number of nitrogens with zero attached hydrogens (tertiary/aromatic N) is 1. The average molecular weight is 613 g/mol. The van der Waals surface area contributed by atoms with E-state index in [-0.39, 0.29) is 28.3 Å². The van der Waals surface area contributed by atoms with Crippen LogP contribution in [0, 0.1) is 17.8 Å². The Hall–Kier alpha value is -2.38. The Morgan fingerprint density at radius 3 is 2.67 bits per heavy atom. The Morgan fingerprint density at radius 2 is 1.95 bits per heavy atom. The van der Waals surface area contributed by atoms with Crippen LogP contribution in [0.3, 0.4) is 0 Å². The molecule has 228 valence electrons. The van der Waals surface area contributed by atoms with Gasteiger partial charge in [-0.2, -0.15) is 0 Å². The molecule has 0 bridgehead atoms. The first-order valence-electron chi connectivity index (χ1n) is 15.6. The average Bonchev–Trinajstić information content (AvgIpc) is 3.10. The van der Waals surface area contributed by atoms with Crippen LogP contribution in [0.4, 0.5) is 5.69 Å². The zero-order chi connectivity index (χ0) is 30.0. The molecule has 2 aromatic carbocycles. The fourth-order valence-corrected chi connectivity index (χ4v) is 8.44. The lowest BCUT2D eigenvalue weighted by molar-refractivity contribution is -0.119. The Bertz CT molecular complexity index is 1350. The van der Waals surface area contributed by atoms with Crippen molar-refractivity contribution in [3.63, 3.8) is 0 Å². The Morgan fingerprint density at radius 1 is 1.17 bits per heavy atom. The number of halogens is 1. The molecule has 8 heteroatoms. The van der Waals surface area contributed by atoms with Gasteiger partial charge in [-0.25, -0.2) is 4.21 Å². The highest BCUT2D eigenvalue weighted by atomic mass is 35.5. The molecule has 6 atom stereocenters. The topological polar surface area (TPSA) is 75.7 Å². The molecule has 1 spiro atoms. The van der Waals surface area contributed by atoms with E-state index in [0.29, 0.717) is 30.4 Å². The number of anilines is 1. The van der Waals surface area contributed by atoms with Crippen LogP contribution in [0.5, 0.6) is 5.75 Å². The van der Waals surface area contributed by atoms with Gasteiger partial charge in [0.05, 0.1) is 17.5 Å². The molecule has 1 N–H and O–H groups in total. The smallest absolute Gasteiger partial charge is 0.263 e. The van der Waals surface area contributed by atoms with Crippen molar-refractivity contribution in [2.24, 2.45) is 17.8 Å². The molecular formula is C34H45ClN2O4S. The van der Waals surface area contributed by atoms with Gasteiger partial charge in [0.15, 0.2) is 0 Å². The number of nitrogens with one attached hydrogen (secondary N) is 1. The summed E-state index contributed by atoms with van der Waals surface area (Å²) in [4.78, 5) is 27.7. The summed E-state index contributed by atoms with van der Waals surface area (Å²) in [5.41, 5.74) is 3.76. The highest BCUT2D eigenvalue weighted by Crippen LogP contribution is 2.46. The number of hydrogen-bond donors (Lipinski definition) is 1. The predicted octanol–water partition coefficient (Wildman–Crippen LogP) is 7.04. The van der Waals surface area contributed by atoms with Crippen molar-refractivity contribution in [1.82, 2.24) is 4.72 Å². The quantitative estimate of drug-likeness (QED) is 0.312. The molecule has 5 rings (SSSR count). The molecule has 1 heterocycles. The second kappa shape index (κ2) is 13.1. The minimum atomic E-state index is -1.48. The van der Waals surface area contributed by atoms with Gasteiger partial charge in [-0.1, -0.05) is 37.9 Å². The van der Waals surface area contributed by atoms with Gasteiger partial charge in [-0.05, 0) is 112 Å². The van der Waals surface area contributed by atoms with Crippen LogP contribution in [-0.2, 0) is 27.6 Å². The maximum Gasteiger partial charge on any atom is 0.263 e. The third kappa shape index (κ3) is 6.57. The summed E-state index contributed by atoms with van der Waals surface area (Å²) in [7, 11) is -1.48. The third-order valence-corrected chi connectivity index (χ3v) is 11.7. The number of rotatable bonds is 10. The molecule has 3 aliphatic rings. The standard InChI is InChI=1S/C34H45ClN2O4S/c1-5-7-22(2)24(4)42(40)36-33(39)27-11-14-32-31(18-27)37(19-28-10-9-25(28)16-23(3)38)20-34(21-41-32)15-6-8-26-17-29(35)12-13-30(26)34/h11-14,17-18,22,24-25,28H,5-10,15-16,19-21H2,1-4H3,(H,36,39). The number of aryl methyl sites for hydroxylation is 1. The van der Waals surface area contributed by atoms with Crippen molar-refractivity contribution in [3.05, 3.63) is 58.1 Å². The molecule has 0 radical (unpaired) electrons. The fraction of sp³-hybridized carbons (Fsp3) is 0.588. The van der Waals surface area contributed by atoms with Gasteiger partial charge >= 0.3 is 0 Å². The number of hydrogen-bond acceptors (Lipinski definition) is 5. The van der Waals surface area contributed by atoms with E-state index >= 15 is 0 Å². The number of fused-ring (bicyclic) bond motifs is 3. The number of carbonyl (C=O) groups excluding carboxylic acids is 2. The van der Waals surface area contributed by atoms with E-state index in [2.05, 4.69) is 35.6 Å². The number of benzene rings is 2. The summed E-state index contributed by atoms with van der Waals surface area (Å²) in [5.74, 6) is 1.73. The second-order valence-electron chi connectivity index (χ2n) is 13.0. The largest absolute Gasteiger partial charge is 0.490 e. The lowest BCUT2D eigenvalue weighted by Gasteiger charge is -2.44. The summed E-state index contributed by atoms with van der Waals surface area (Å²) in [6.45, 7) is 9.95. The number of Topliss-reactive ketones (excluding diaryl/α,β-unsaturated/α-hetero) is 1. The van der Waals surface area contributed by atoms with Gasteiger partial charge in [-0.15, -0.1) is 0 Å². The monoisotopic (exact) mass is 612 g/mol. The Kier molecular flexibility index (Phi) is 9.68. The SMILES string of the molecule is CCCC(C)C(C)S(=O)NC(=O)c1ccc2c(c1)N(CC1CCC1CC(C)=O)CC1(CCCc3cc(Cl)ccc31)CO2. The van der Waals surface area contributed by atoms with E-state index in [9.17, 15) is 13.8 Å². The second-order valence-corrected chi connectivity index (χ2v) is 15.0. The maximum atomic E-state index is 13.4. The van der Waals surface area contributed by atoms with Crippen LogP contribution in [0.1, 0.15) is 94.1 Å². The zero-order valence-electron chi connectivity index (χ0n) is 25.4. The lowest BCUT2D eigenvalue weighted by atomic mass is 9.69. The molecule has 1 saturated carbocycles. The maximum absolute atomic E-state index is 13.4. The van der Waals surface area contributed by atoms with Crippen LogP contribution in [0.2, 0.25) is 5.02 Å². The van der Waals surface area contributed by atoms with Crippen molar-refractivity contribution in [3.8, 4) is 5.75 Å². The van der Waals surface area contributed by atoms with Gasteiger partial charge < -0.3 is 14.4 Å². The zero-order valence-corrected chi connectivity index (χ0v) is 27.0. The van der Waals surface area contributed by atoms with Crippen LogP contribution in [0.15, 0.2) is 36.4 Å². The fourth-order valence-electron chi connectivity index (χ4n) is 7.20. The molecule has 1 amide bonds. The van der Waals surface area contributed by atoms with Crippen molar-refractivity contribution in [2.75, 3.05) is 24.6 Å². The van der Waals surface area contributed by atoms with E-state index < -0.39 is 11.0 Å². The van der Waals surface area contributed by atoms with Crippen LogP contribution < -0.4 is 14.4 Å². The molecule has 42 heavy (non-hydrogen) atoms. The molecule has 2 aliphatic carbocycles. The summed E-state index contributed by atoms with van der Waals surface area (Å²) < 4.78 is 22.4. The molecule has 2 aromatic rings. The summed E-state index contributed by atoms with van der Waals surface area (Å²) in [6, 6.07) is 11.8. The molecular weight excluding hydrogens is 568 g/mol. The van der Waals surface area contributed by atoms with Crippen LogP contribution >= 0.6 is 11.6 Å². The molecule has 1 fully saturated rings. The first-order valence-corrected chi connectivity index (χ1v) is 17.2. The Labute approximate surface area is 258 Å². The van der Waals surface area contributed by atoms with E-state index in [1.54, 1.807) is 13.0 Å². The third-order valence-electron chi connectivity index (χ3n) is 9.96. The minimum absolute atomic E-state index is 0.133. The van der Waals surface area contributed by atoms with E-state index in [4.69, 9.17) is 16.3 Å². The Balaban J connectivity index is 1.45. The molecule has 0 aromatic heterocycles. The summed E-state index contributed by atoms with van der Waals surface area (Å²) in [5, 5.41) is 0.625. The van der Waals surface area contributed by atoms with Gasteiger partial charge in [0.2, 0.25) is 0 Å². The van der Waals surface area contributed by atoms with Crippen molar-refractivity contribution >= 4 is 40.0 Å². The number of carbonyl (C=O) groups is 2. The van der Waals surface area contributed by atoms with Crippen LogP contribution in [0.25, 0.3) is 0 Å². The molecule has 0 saturated heterocycles. The first-order chi connectivity index (χ1) is 20.1. The van der Waals surface area contributed by atoms with Gasteiger partial charge in [0, 0.05) is 35.5 Å². The van der Waals surface area contributed by atoms with E-state index in [1.165, 1.54) is 11.1 Å². The van der Waals surface area contributed by atoms with Crippen molar-refractivity contribution in [2.45, 2.75) is 89.7 Å². The number of ether oxygens (including phenoxy) is 1. The van der Waals surface area contributed by atoms with Gasteiger partial charge in [-0.3, -0.25) is 9.52 Å². The summed E-state index contributed by atoms with van der Waals surface area (Å²) in [6.07, 6.45) is 7.86. The highest BCUT2D eigenvalue weighted by molar-refractivity contribution is 7.84. The van der Waals surface area contributed by atoms with Crippen LogP contribution in [-0.4, -0.2) is 40.8 Å². The van der Waals surface area contributed by atoms with E-state index in [1.807, 2.05) is 25.1 Å². The molecule has 6 nitrogen and oxygen atoms in total. The minimum Gasteiger partial charge on any atom is -0.490 e. The van der Waals surface area contributed by atoms with Crippen molar-refractivity contribution in [1.29, 1.82) is 0 Å². The highest BCUT2D eigenvalue weighted by Gasteiger charge is 2.43. The summed E-state index contributed by atoms with van der Waals surface area (Å²) >= 11 is 6.40. The van der Waals surface area contributed by atoms with Gasteiger partial charge in [0.1, 0.15) is 22.5 Å². The normalized spacial score (nSPS) is 25.2. The first kappa shape index (κ1) is 31.1.